The molecule has 0 unspecified atom stereocenters. The second-order valence-corrected chi connectivity index (χ2v) is 11.1. The lowest BCUT2D eigenvalue weighted by atomic mass is 10.1. The van der Waals surface area contributed by atoms with Crippen molar-refractivity contribution in [3.05, 3.63) is 100 Å². The Hall–Kier alpha value is -3.40. The van der Waals surface area contributed by atoms with E-state index in [0.29, 0.717) is 25.0 Å². The highest BCUT2D eigenvalue weighted by Gasteiger charge is 2.23. The highest BCUT2D eigenvalue weighted by molar-refractivity contribution is 7.80. The SMILES string of the molecule is O=C(N[C@@H](Cc1ccccc1)C(=O)OCCCCOc1ccc(-c2cc(=S)ss2)cc1)c1cccnc1. The number of hydrogen-bond donors (Lipinski definition) is 1. The third-order valence-electron chi connectivity index (χ3n) is 5.45. The van der Waals surface area contributed by atoms with E-state index in [9.17, 15) is 9.59 Å². The number of aromatic nitrogens is 1. The second kappa shape index (κ2) is 13.8. The molecule has 0 spiro atoms. The molecular weight excluding hydrogens is 525 g/mol. The highest BCUT2D eigenvalue weighted by atomic mass is 32.9. The summed E-state index contributed by atoms with van der Waals surface area (Å²) in [5.41, 5.74) is 2.44. The fourth-order valence-corrected chi connectivity index (χ4v) is 5.94. The first-order valence-corrected chi connectivity index (χ1v) is 14.4. The van der Waals surface area contributed by atoms with Crippen molar-refractivity contribution in [3.63, 3.8) is 0 Å². The zero-order valence-electron chi connectivity index (χ0n) is 20.0. The number of carbonyl (C=O) groups excluding carboxylic acids is 2. The highest BCUT2D eigenvalue weighted by Crippen LogP contribution is 2.30. The minimum atomic E-state index is -0.800. The summed E-state index contributed by atoms with van der Waals surface area (Å²) in [5, 5.41) is 2.79. The first-order valence-electron chi connectivity index (χ1n) is 11.8. The van der Waals surface area contributed by atoms with Gasteiger partial charge in [0.15, 0.2) is 0 Å². The quantitative estimate of drug-likeness (QED) is 0.0959. The number of carbonyl (C=O) groups is 2. The van der Waals surface area contributed by atoms with E-state index in [1.165, 1.54) is 6.20 Å². The maximum absolute atomic E-state index is 12.8. The average Bonchev–Trinajstić information content (AvgIpc) is 3.37. The van der Waals surface area contributed by atoms with Crippen molar-refractivity contribution >= 4 is 44.8 Å². The fourth-order valence-electron chi connectivity index (χ4n) is 3.54. The lowest BCUT2D eigenvalue weighted by Crippen LogP contribution is -2.43. The van der Waals surface area contributed by atoms with Gasteiger partial charge in [0.05, 0.1) is 18.8 Å². The molecule has 0 radical (unpaired) electrons. The molecule has 190 valence electrons. The van der Waals surface area contributed by atoms with Gasteiger partial charge >= 0.3 is 5.97 Å². The first kappa shape index (κ1) is 26.7. The van der Waals surface area contributed by atoms with Crippen LogP contribution in [0.4, 0.5) is 0 Å². The van der Waals surface area contributed by atoms with Gasteiger partial charge in [0, 0.05) is 23.7 Å². The Morgan fingerprint density at radius 3 is 2.43 bits per heavy atom. The summed E-state index contributed by atoms with van der Waals surface area (Å²) in [6.45, 7) is 0.762. The summed E-state index contributed by atoms with van der Waals surface area (Å²) < 4.78 is 12.2. The van der Waals surface area contributed by atoms with E-state index in [0.717, 1.165) is 32.0 Å². The maximum atomic E-state index is 12.8. The van der Waals surface area contributed by atoms with E-state index in [-0.39, 0.29) is 12.5 Å². The molecule has 2 aromatic carbocycles. The van der Waals surface area contributed by atoms with Crippen molar-refractivity contribution in [2.45, 2.75) is 25.3 Å². The predicted molar refractivity (Wildman–Crippen MR) is 150 cm³/mol. The van der Waals surface area contributed by atoms with Crippen LogP contribution in [0.3, 0.4) is 0 Å². The summed E-state index contributed by atoms with van der Waals surface area (Å²) in [4.78, 5) is 30.6. The second-order valence-electron chi connectivity index (χ2n) is 8.20. The number of amides is 1. The molecule has 0 bridgehead atoms. The number of nitrogens with zero attached hydrogens (tertiary/aromatic N) is 1. The minimum absolute atomic E-state index is 0.248. The van der Waals surface area contributed by atoms with Crippen LogP contribution >= 0.6 is 32.9 Å². The van der Waals surface area contributed by atoms with Gasteiger partial charge in [-0.15, -0.1) is 0 Å². The summed E-state index contributed by atoms with van der Waals surface area (Å²) in [7, 11) is 3.27. The molecule has 37 heavy (non-hydrogen) atoms. The minimum Gasteiger partial charge on any atom is -0.494 e. The van der Waals surface area contributed by atoms with Crippen LogP contribution in [-0.2, 0) is 16.0 Å². The lowest BCUT2D eigenvalue weighted by Gasteiger charge is -2.18. The number of pyridine rings is 1. The van der Waals surface area contributed by atoms with E-state index < -0.39 is 12.0 Å². The molecule has 1 atom stereocenters. The molecule has 0 aliphatic rings. The molecule has 0 saturated heterocycles. The molecule has 6 nitrogen and oxygen atoms in total. The Balaban J connectivity index is 1.22. The standard InChI is InChI=1S/C28H26N2O4S3/c31-27(22-9-6-14-29-19-22)30-24(17-20-7-2-1-3-8-20)28(32)34-16-5-4-15-33-23-12-10-21(11-13-23)25-18-26(35)37-36-25/h1-3,6-14,18-19,24H,4-5,15-17H2,(H,30,31)/t24-/m0/s1. The van der Waals surface area contributed by atoms with Crippen LogP contribution in [-0.4, -0.2) is 36.1 Å². The molecule has 1 N–H and O–H groups in total. The van der Waals surface area contributed by atoms with Crippen molar-refractivity contribution in [2.75, 3.05) is 13.2 Å². The number of benzene rings is 2. The average molecular weight is 551 g/mol. The van der Waals surface area contributed by atoms with Gasteiger partial charge < -0.3 is 14.8 Å². The lowest BCUT2D eigenvalue weighted by molar-refractivity contribution is -0.146. The summed E-state index contributed by atoms with van der Waals surface area (Å²) >= 11 is 5.20. The van der Waals surface area contributed by atoms with E-state index in [1.54, 1.807) is 39.0 Å². The van der Waals surface area contributed by atoms with Crippen LogP contribution < -0.4 is 10.1 Å². The Morgan fingerprint density at radius 2 is 1.73 bits per heavy atom. The van der Waals surface area contributed by atoms with Crippen LogP contribution in [0.15, 0.2) is 85.2 Å². The molecule has 0 fully saturated rings. The van der Waals surface area contributed by atoms with Gasteiger partial charge in [-0.3, -0.25) is 9.78 Å². The van der Waals surface area contributed by atoms with Crippen molar-refractivity contribution in [2.24, 2.45) is 0 Å². The number of nitrogens with one attached hydrogen (secondary N) is 1. The van der Waals surface area contributed by atoms with Crippen LogP contribution in [0.1, 0.15) is 28.8 Å². The van der Waals surface area contributed by atoms with Crippen LogP contribution in [0.5, 0.6) is 5.75 Å². The third-order valence-corrected chi connectivity index (χ3v) is 8.36. The van der Waals surface area contributed by atoms with Gasteiger partial charge in [-0.2, -0.15) is 0 Å². The summed E-state index contributed by atoms with van der Waals surface area (Å²) in [5.74, 6) is -0.0374. The first-order chi connectivity index (χ1) is 18.1. The molecule has 2 heterocycles. The van der Waals surface area contributed by atoms with Gasteiger partial charge in [-0.1, -0.05) is 63.2 Å². The summed E-state index contributed by atoms with van der Waals surface area (Å²) in [6, 6.07) is 22.0. The normalized spacial score (nSPS) is 11.5. The topological polar surface area (TPSA) is 77.5 Å². The van der Waals surface area contributed by atoms with E-state index in [2.05, 4.69) is 10.3 Å². The zero-order chi connectivity index (χ0) is 25.9. The van der Waals surface area contributed by atoms with Gasteiger partial charge in [-0.05, 0) is 66.4 Å². The van der Waals surface area contributed by atoms with Crippen LogP contribution in [0, 0.1) is 3.82 Å². The Kier molecular flexibility index (Phi) is 9.93. The maximum Gasteiger partial charge on any atom is 0.328 e. The van der Waals surface area contributed by atoms with Crippen molar-refractivity contribution < 1.29 is 19.1 Å². The van der Waals surface area contributed by atoms with Crippen LogP contribution in [0.25, 0.3) is 10.4 Å². The monoisotopic (exact) mass is 550 g/mol. The van der Waals surface area contributed by atoms with Gasteiger partial charge in [0.25, 0.3) is 5.91 Å². The Bertz CT molecular complexity index is 1340. The van der Waals surface area contributed by atoms with E-state index in [1.807, 2.05) is 60.7 Å². The number of esters is 1. The van der Waals surface area contributed by atoms with Gasteiger partial charge in [0.1, 0.15) is 15.6 Å². The van der Waals surface area contributed by atoms with Gasteiger partial charge in [-0.25, -0.2) is 4.79 Å². The molecule has 1 amide bonds. The van der Waals surface area contributed by atoms with Gasteiger partial charge in [0.2, 0.25) is 0 Å². The molecule has 9 heteroatoms. The summed E-state index contributed by atoms with van der Waals surface area (Å²) in [6.07, 6.45) is 4.77. The Morgan fingerprint density at radius 1 is 0.946 bits per heavy atom. The molecule has 0 aliphatic carbocycles. The number of hydrogen-bond acceptors (Lipinski definition) is 8. The molecule has 4 aromatic rings. The molecule has 4 rings (SSSR count). The van der Waals surface area contributed by atoms with Crippen molar-refractivity contribution in [3.8, 4) is 16.2 Å². The van der Waals surface area contributed by atoms with E-state index >= 15 is 0 Å². The number of rotatable bonds is 12. The van der Waals surface area contributed by atoms with Crippen molar-refractivity contribution in [1.29, 1.82) is 0 Å². The largest absolute Gasteiger partial charge is 0.494 e. The molecule has 0 saturated carbocycles. The third kappa shape index (κ3) is 8.31. The van der Waals surface area contributed by atoms with Crippen LogP contribution in [0.2, 0.25) is 0 Å². The van der Waals surface area contributed by atoms with E-state index in [4.69, 9.17) is 21.7 Å². The fraction of sp³-hybridized carbons (Fsp3) is 0.214. The zero-order valence-corrected chi connectivity index (χ0v) is 22.5. The number of unbranched alkanes of at least 4 members (excludes halogenated alkanes) is 1. The molecule has 2 aromatic heterocycles. The molecular formula is C28H26N2O4S3. The predicted octanol–water partition coefficient (Wildman–Crippen LogP) is 6.34. The molecule has 0 aliphatic heterocycles. The van der Waals surface area contributed by atoms with Crippen molar-refractivity contribution in [1.82, 2.24) is 10.3 Å². The Labute approximate surface area is 228 Å². The number of ether oxygens (including phenoxy) is 2. The smallest absolute Gasteiger partial charge is 0.328 e.